The highest BCUT2D eigenvalue weighted by molar-refractivity contribution is 7.09. The molecule has 1 amide bonds. The lowest BCUT2D eigenvalue weighted by molar-refractivity contribution is -0.384. The minimum atomic E-state index is -0.474. The fraction of sp³-hybridized carbons (Fsp3) is 0.286. The van der Waals surface area contributed by atoms with Gasteiger partial charge >= 0.3 is 0 Å². The van der Waals surface area contributed by atoms with Crippen LogP contribution in [-0.2, 0) is 6.54 Å². The largest absolute Gasteiger partial charge is 0.371 e. The van der Waals surface area contributed by atoms with Crippen molar-refractivity contribution in [2.45, 2.75) is 25.8 Å². The van der Waals surface area contributed by atoms with Crippen LogP contribution >= 0.6 is 11.3 Å². The smallest absolute Gasteiger partial charge is 0.270 e. The van der Waals surface area contributed by atoms with E-state index in [1.807, 2.05) is 17.5 Å². The lowest BCUT2D eigenvalue weighted by Gasteiger charge is -2.30. The molecule has 2 aromatic heterocycles. The second-order valence-electron chi connectivity index (χ2n) is 7.05. The molecule has 0 saturated carbocycles. The monoisotopic (exact) mass is 423 g/mol. The van der Waals surface area contributed by atoms with Gasteiger partial charge in [0.25, 0.3) is 11.6 Å². The summed E-state index contributed by atoms with van der Waals surface area (Å²) in [5, 5.41) is 16.8. The molecular formula is C21H21N5O3S. The zero-order valence-corrected chi connectivity index (χ0v) is 17.1. The molecule has 0 unspecified atom stereocenters. The minimum absolute atomic E-state index is 0.0878. The Balaban J connectivity index is 1.51. The van der Waals surface area contributed by atoms with Gasteiger partial charge in [-0.05, 0) is 37.5 Å². The number of pyridine rings is 1. The summed E-state index contributed by atoms with van der Waals surface area (Å²) in [6.07, 6.45) is 6.68. The topological polar surface area (TPSA) is 101 Å². The molecule has 1 aliphatic rings. The molecule has 9 heteroatoms. The number of piperidine rings is 1. The van der Waals surface area contributed by atoms with Crippen molar-refractivity contribution < 1.29 is 9.72 Å². The third-order valence-corrected chi connectivity index (χ3v) is 5.91. The predicted octanol–water partition coefficient (Wildman–Crippen LogP) is 4.03. The highest BCUT2D eigenvalue weighted by atomic mass is 32.1. The fourth-order valence-corrected chi connectivity index (χ4v) is 4.27. The van der Waals surface area contributed by atoms with E-state index in [4.69, 9.17) is 0 Å². The highest BCUT2D eigenvalue weighted by Gasteiger charge is 2.22. The molecular weight excluding hydrogens is 402 g/mol. The Bertz CT molecular complexity index is 1050. The molecule has 8 nitrogen and oxygen atoms in total. The van der Waals surface area contributed by atoms with Crippen molar-refractivity contribution in [3.8, 4) is 11.3 Å². The Labute approximate surface area is 177 Å². The van der Waals surface area contributed by atoms with Crippen LogP contribution in [0.1, 0.15) is 34.6 Å². The Morgan fingerprint density at radius 1 is 1.17 bits per heavy atom. The number of rotatable bonds is 6. The molecule has 30 heavy (non-hydrogen) atoms. The fourth-order valence-electron chi connectivity index (χ4n) is 3.53. The van der Waals surface area contributed by atoms with E-state index in [1.165, 1.54) is 23.5 Å². The minimum Gasteiger partial charge on any atom is -0.371 e. The van der Waals surface area contributed by atoms with E-state index >= 15 is 0 Å². The number of amides is 1. The normalized spacial score (nSPS) is 13.8. The highest BCUT2D eigenvalue weighted by Crippen LogP contribution is 2.28. The van der Waals surface area contributed by atoms with Gasteiger partial charge in [0.1, 0.15) is 5.01 Å². The SMILES string of the molecule is O=C(NCc1nc(-c2ccncc2)cs1)c1cc([N+](=O)[O-])ccc1N1CCCCC1. The molecule has 0 spiro atoms. The average molecular weight is 423 g/mol. The van der Waals surface area contributed by atoms with Crippen LogP contribution < -0.4 is 10.2 Å². The average Bonchev–Trinajstić information content (AvgIpc) is 3.27. The van der Waals surface area contributed by atoms with Crippen molar-refractivity contribution in [3.63, 3.8) is 0 Å². The molecule has 1 aliphatic heterocycles. The van der Waals surface area contributed by atoms with Gasteiger partial charge in [-0.25, -0.2) is 4.98 Å². The van der Waals surface area contributed by atoms with Crippen LogP contribution in [0.4, 0.5) is 11.4 Å². The van der Waals surface area contributed by atoms with Gasteiger partial charge in [-0.3, -0.25) is 19.9 Å². The zero-order valence-electron chi connectivity index (χ0n) is 16.3. The Morgan fingerprint density at radius 3 is 2.67 bits per heavy atom. The first-order valence-electron chi connectivity index (χ1n) is 9.78. The molecule has 1 fully saturated rings. The van der Waals surface area contributed by atoms with Crippen molar-refractivity contribution in [1.29, 1.82) is 0 Å². The van der Waals surface area contributed by atoms with E-state index in [2.05, 4.69) is 20.2 Å². The molecule has 1 N–H and O–H groups in total. The number of benzene rings is 1. The standard InChI is InChI=1S/C21H21N5O3S/c27-21(23-13-20-24-18(14-30-20)15-6-8-22-9-7-15)17-12-16(26(28)29)4-5-19(17)25-10-2-1-3-11-25/h4-9,12,14H,1-3,10-11,13H2,(H,23,27). The Hall–Kier alpha value is -3.33. The van der Waals surface area contributed by atoms with Crippen molar-refractivity contribution in [2.24, 2.45) is 0 Å². The van der Waals surface area contributed by atoms with Gasteiger partial charge in [0.2, 0.25) is 0 Å². The number of nitro groups is 1. The summed E-state index contributed by atoms with van der Waals surface area (Å²) >= 11 is 1.46. The number of hydrogen-bond donors (Lipinski definition) is 1. The number of hydrogen-bond acceptors (Lipinski definition) is 7. The number of aromatic nitrogens is 2. The Kier molecular flexibility index (Phi) is 5.99. The Morgan fingerprint density at radius 2 is 1.93 bits per heavy atom. The molecule has 0 atom stereocenters. The number of nitrogens with one attached hydrogen (secondary N) is 1. The number of nitro benzene ring substituents is 1. The van der Waals surface area contributed by atoms with Crippen LogP contribution in [-0.4, -0.2) is 33.9 Å². The first-order chi connectivity index (χ1) is 14.6. The number of anilines is 1. The number of thiazole rings is 1. The van der Waals surface area contributed by atoms with E-state index in [0.29, 0.717) is 5.56 Å². The first kappa shape index (κ1) is 20.0. The lowest BCUT2D eigenvalue weighted by atomic mass is 10.1. The summed E-state index contributed by atoms with van der Waals surface area (Å²) in [5.74, 6) is -0.333. The van der Waals surface area contributed by atoms with Gasteiger partial charge in [-0.1, -0.05) is 0 Å². The van der Waals surface area contributed by atoms with Crippen LogP contribution in [0.3, 0.4) is 0 Å². The molecule has 0 bridgehead atoms. The third kappa shape index (κ3) is 4.46. The number of carbonyl (C=O) groups is 1. The molecule has 3 heterocycles. The summed E-state index contributed by atoms with van der Waals surface area (Å²) < 4.78 is 0. The van der Waals surface area contributed by atoms with E-state index in [9.17, 15) is 14.9 Å². The number of carbonyl (C=O) groups excluding carboxylic acids is 1. The van der Waals surface area contributed by atoms with Gasteiger partial charge < -0.3 is 10.2 Å². The van der Waals surface area contributed by atoms with Crippen molar-refractivity contribution >= 4 is 28.6 Å². The number of non-ortho nitro benzene ring substituents is 1. The summed E-state index contributed by atoms with van der Waals surface area (Å²) in [6.45, 7) is 1.95. The molecule has 1 aromatic carbocycles. The van der Waals surface area contributed by atoms with Crippen LogP contribution in [0.25, 0.3) is 11.3 Å². The van der Waals surface area contributed by atoms with Gasteiger partial charge in [-0.15, -0.1) is 11.3 Å². The van der Waals surface area contributed by atoms with Gasteiger partial charge in [0.05, 0.1) is 28.4 Å². The van der Waals surface area contributed by atoms with Crippen LogP contribution in [0.5, 0.6) is 0 Å². The summed E-state index contributed by atoms with van der Waals surface area (Å²) in [4.78, 5) is 34.4. The van der Waals surface area contributed by atoms with Crippen molar-refractivity contribution in [1.82, 2.24) is 15.3 Å². The zero-order chi connectivity index (χ0) is 20.9. The first-order valence-corrected chi connectivity index (χ1v) is 10.7. The molecule has 4 rings (SSSR count). The maximum absolute atomic E-state index is 12.9. The van der Waals surface area contributed by atoms with Gasteiger partial charge in [0, 0.05) is 48.6 Å². The van der Waals surface area contributed by atoms with E-state index < -0.39 is 4.92 Å². The predicted molar refractivity (Wildman–Crippen MR) is 116 cm³/mol. The van der Waals surface area contributed by atoms with Crippen molar-refractivity contribution in [3.05, 3.63) is 68.8 Å². The maximum atomic E-state index is 12.9. The molecule has 3 aromatic rings. The molecule has 0 radical (unpaired) electrons. The maximum Gasteiger partial charge on any atom is 0.270 e. The summed E-state index contributed by atoms with van der Waals surface area (Å²) in [7, 11) is 0. The lowest BCUT2D eigenvalue weighted by Crippen LogP contribution is -2.32. The summed E-state index contributed by atoms with van der Waals surface area (Å²) in [6, 6.07) is 8.27. The van der Waals surface area contributed by atoms with Gasteiger partial charge in [0.15, 0.2) is 0 Å². The van der Waals surface area contributed by atoms with Gasteiger partial charge in [-0.2, -0.15) is 0 Å². The summed E-state index contributed by atoms with van der Waals surface area (Å²) in [5.41, 5.74) is 2.78. The quantitative estimate of drug-likeness (QED) is 0.474. The third-order valence-electron chi connectivity index (χ3n) is 5.06. The van der Waals surface area contributed by atoms with Crippen LogP contribution in [0.2, 0.25) is 0 Å². The second kappa shape index (κ2) is 9.00. The van der Waals surface area contributed by atoms with E-state index in [-0.39, 0.29) is 18.1 Å². The van der Waals surface area contributed by atoms with E-state index in [0.717, 1.165) is 54.3 Å². The second-order valence-corrected chi connectivity index (χ2v) is 7.99. The number of nitrogens with zero attached hydrogens (tertiary/aromatic N) is 4. The van der Waals surface area contributed by atoms with E-state index in [1.54, 1.807) is 18.5 Å². The molecule has 1 saturated heterocycles. The van der Waals surface area contributed by atoms with Crippen molar-refractivity contribution in [2.75, 3.05) is 18.0 Å². The molecule has 0 aliphatic carbocycles. The molecule has 154 valence electrons. The van der Waals surface area contributed by atoms with Crippen LogP contribution in [0, 0.1) is 10.1 Å². The van der Waals surface area contributed by atoms with Crippen LogP contribution in [0.15, 0.2) is 48.1 Å².